The molecule has 0 bridgehead atoms. The van der Waals surface area contributed by atoms with Crippen LogP contribution in [0.1, 0.15) is 6.92 Å². The third-order valence-electron chi connectivity index (χ3n) is 2.08. The maximum Gasteiger partial charge on any atom is 0.252 e. The Bertz CT molecular complexity index is 254. The van der Waals surface area contributed by atoms with Crippen LogP contribution in [-0.2, 0) is 4.79 Å². The summed E-state index contributed by atoms with van der Waals surface area (Å²) in [6, 6.07) is -0.655. The molecule has 0 spiro atoms. The molecule has 0 aromatic heterocycles. The van der Waals surface area contributed by atoms with E-state index in [9.17, 15) is 4.79 Å². The minimum atomic E-state index is -0.331. The molecular formula is C7H15N5O2. The molecule has 1 amide bonds. The average Bonchev–Trinajstić information content (AvgIpc) is 2.44. The number of hydrogen-bond donors (Lipinski definition) is 4. The third kappa shape index (κ3) is 2.33. The first-order chi connectivity index (χ1) is 6.54. The van der Waals surface area contributed by atoms with Gasteiger partial charge in [-0.1, -0.05) is 5.16 Å². The van der Waals surface area contributed by atoms with Crippen molar-refractivity contribution in [3.05, 3.63) is 0 Å². The number of hydrazine groups is 1. The molecule has 0 aromatic carbocycles. The van der Waals surface area contributed by atoms with Gasteiger partial charge in [0.05, 0.1) is 6.04 Å². The molecule has 1 saturated heterocycles. The van der Waals surface area contributed by atoms with E-state index in [1.54, 1.807) is 19.0 Å². The summed E-state index contributed by atoms with van der Waals surface area (Å²) in [4.78, 5) is 11.3. The zero-order valence-corrected chi connectivity index (χ0v) is 8.19. The Balaban J connectivity index is 2.49. The van der Waals surface area contributed by atoms with Crippen molar-refractivity contribution in [1.82, 2.24) is 15.8 Å². The Morgan fingerprint density at radius 3 is 3.00 bits per heavy atom. The topological polar surface area (TPSA) is 103 Å². The fourth-order valence-electron chi connectivity index (χ4n) is 1.27. The Morgan fingerprint density at radius 1 is 1.93 bits per heavy atom. The number of nitrogens with two attached hydrogens (primary N) is 1. The molecule has 1 rings (SSSR count). The Hall–Kier alpha value is -1.34. The standard InChI is InChI=1S/C7H15N5O2/c1-4(6(8)11-14)9-5-3-12(2)10-7(5)13/h4-5,9,14H,3H2,1-2H3,(H2,8,11)(H,10,13). The minimum absolute atomic E-state index is 0.0624. The van der Waals surface area contributed by atoms with Crippen LogP contribution in [0.4, 0.5) is 0 Å². The quantitative estimate of drug-likeness (QED) is 0.184. The third-order valence-corrected chi connectivity index (χ3v) is 2.08. The summed E-state index contributed by atoms with van der Waals surface area (Å²) >= 11 is 0. The van der Waals surface area contributed by atoms with E-state index in [2.05, 4.69) is 15.9 Å². The Morgan fingerprint density at radius 2 is 2.57 bits per heavy atom. The molecule has 7 heteroatoms. The zero-order chi connectivity index (χ0) is 10.7. The first-order valence-corrected chi connectivity index (χ1v) is 4.29. The molecule has 1 fully saturated rings. The van der Waals surface area contributed by atoms with Crippen molar-refractivity contribution in [2.24, 2.45) is 10.9 Å². The van der Waals surface area contributed by atoms with Crippen LogP contribution in [0, 0.1) is 0 Å². The molecule has 0 aromatic rings. The van der Waals surface area contributed by atoms with Crippen molar-refractivity contribution in [2.75, 3.05) is 13.6 Å². The van der Waals surface area contributed by atoms with E-state index in [0.717, 1.165) is 0 Å². The Labute approximate surface area is 81.9 Å². The second-order valence-corrected chi connectivity index (χ2v) is 3.32. The summed E-state index contributed by atoms with van der Waals surface area (Å²) in [5, 5.41) is 15.9. The highest BCUT2D eigenvalue weighted by atomic mass is 16.4. The van der Waals surface area contributed by atoms with E-state index in [-0.39, 0.29) is 23.8 Å². The fraction of sp³-hybridized carbons (Fsp3) is 0.714. The molecule has 2 atom stereocenters. The molecule has 5 N–H and O–H groups in total. The predicted molar refractivity (Wildman–Crippen MR) is 50.6 cm³/mol. The highest BCUT2D eigenvalue weighted by Crippen LogP contribution is 1.98. The van der Waals surface area contributed by atoms with Crippen LogP contribution in [-0.4, -0.2) is 47.6 Å². The van der Waals surface area contributed by atoms with E-state index in [1.807, 2.05) is 0 Å². The molecule has 7 nitrogen and oxygen atoms in total. The van der Waals surface area contributed by atoms with Crippen molar-refractivity contribution in [3.63, 3.8) is 0 Å². The number of amides is 1. The van der Waals surface area contributed by atoms with Crippen molar-refractivity contribution < 1.29 is 10.0 Å². The van der Waals surface area contributed by atoms with Crippen LogP contribution in [0.25, 0.3) is 0 Å². The lowest BCUT2D eigenvalue weighted by molar-refractivity contribution is -0.122. The van der Waals surface area contributed by atoms with Crippen molar-refractivity contribution in [1.29, 1.82) is 0 Å². The van der Waals surface area contributed by atoms with Gasteiger partial charge >= 0.3 is 0 Å². The van der Waals surface area contributed by atoms with Gasteiger partial charge in [0.25, 0.3) is 5.91 Å². The number of nitrogens with zero attached hydrogens (tertiary/aromatic N) is 2. The normalized spacial score (nSPS) is 26.3. The van der Waals surface area contributed by atoms with Crippen LogP contribution >= 0.6 is 0 Å². The summed E-state index contributed by atoms with van der Waals surface area (Å²) < 4.78 is 0. The number of oxime groups is 1. The van der Waals surface area contributed by atoms with Gasteiger partial charge in [-0.3, -0.25) is 15.5 Å². The van der Waals surface area contributed by atoms with E-state index in [1.165, 1.54) is 0 Å². The van der Waals surface area contributed by atoms with Crippen molar-refractivity contribution in [2.45, 2.75) is 19.0 Å². The fourth-order valence-corrected chi connectivity index (χ4v) is 1.27. The number of hydrogen-bond acceptors (Lipinski definition) is 5. The first kappa shape index (κ1) is 10.7. The van der Waals surface area contributed by atoms with E-state index in [4.69, 9.17) is 10.9 Å². The summed E-state index contributed by atoms with van der Waals surface area (Å²) in [7, 11) is 1.77. The average molecular weight is 201 g/mol. The number of likely N-dealkylation sites (N-methyl/N-ethyl adjacent to an activating group) is 1. The lowest BCUT2D eigenvalue weighted by atomic mass is 10.2. The van der Waals surface area contributed by atoms with Crippen molar-refractivity contribution >= 4 is 11.7 Å². The molecule has 0 saturated carbocycles. The molecule has 2 unspecified atom stereocenters. The van der Waals surface area contributed by atoms with Gasteiger partial charge < -0.3 is 10.9 Å². The number of amidine groups is 1. The molecular weight excluding hydrogens is 186 g/mol. The highest BCUT2D eigenvalue weighted by molar-refractivity contribution is 5.87. The summed E-state index contributed by atoms with van der Waals surface area (Å²) in [6.45, 7) is 2.28. The van der Waals surface area contributed by atoms with Gasteiger partial charge in [-0.15, -0.1) is 0 Å². The van der Waals surface area contributed by atoms with Crippen LogP contribution in [0.3, 0.4) is 0 Å². The Kier molecular flexibility index (Phi) is 3.26. The van der Waals surface area contributed by atoms with Gasteiger partial charge in [0, 0.05) is 13.6 Å². The molecule has 14 heavy (non-hydrogen) atoms. The van der Waals surface area contributed by atoms with Crippen molar-refractivity contribution in [3.8, 4) is 0 Å². The number of carbonyl (C=O) groups excluding carboxylic acids is 1. The largest absolute Gasteiger partial charge is 0.409 e. The molecule has 1 aliphatic rings. The van der Waals surface area contributed by atoms with Crippen LogP contribution < -0.4 is 16.5 Å². The summed E-state index contributed by atoms with van der Waals surface area (Å²) in [5.74, 6) is -0.0440. The number of nitrogens with one attached hydrogen (secondary N) is 2. The lowest BCUT2D eigenvalue weighted by Crippen LogP contribution is -2.48. The lowest BCUT2D eigenvalue weighted by Gasteiger charge is -2.15. The SMILES string of the molecule is CC(NC1CN(C)NC1=O)/C(N)=N/O. The molecule has 80 valence electrons. The minimum Gasteiger partial charge on any atom is -0.409 e. The molecule has 1 aliphatic heterocycles. The summed E-state index contributed by atoms with van der Waals surface area (Å²) in [5.41, 5.74) is 7.98. The van der Waals surface area contributed by atoms with Gasteiger partial charge in [0.1, 0.15) is 6.04 Å². The van der Waals surface area contributed by atoms with E-state index < -0.39 is 0 Å². The molecule has 0 radical (unpaired) electrons. The summed E-state index contributed by atoms with van der Waals surface area (Å²) in [6.07, 6.45) is 0. The number of carbonyl (C=O) groups is 1. The van der Waals surface area contributed by atoms with Gasteiger partial charge in [-0.25, -0.2) is 5.01 Å². The maximum absolute atomic E-state index is 11.3. The van der Waals surface area contributed by atoms with E-state index in [0.29, 0.717) is 6.54 Å². The maximum atomic E-state index is 11.3. The van der Waals surface area contributed by atoms with E-state index >= 15 is 0 Å². The van der Waals surface area contributed by atoms with Gasteiger partial charge in [0.2, 0.25) is 0 Å². The monoisotopic (exact) mass is 201 g/mol. The first-order valence-electron chi connectivity index (χ1n) is 4.29. The molecule has 1 heterocycles. The van der Waals surface area contributed by atoms with Gasteiger partial charge in [-0.05, 0) is 6.92 Å². The van der Waals surface area contributed by atoms with Crippen LogP contribution in [0.15, 0.2) is 5.16 Å². The zero-order valence-electron chi connectivity index (χ0n) is 8.19. The second kappa shape index (κ2) is 4.25. The second-order valence-electron chi connectivity index (χ2n) is 3.32. The van der Waals surface area contributed by atoms with Crippen LogP contribution in [0.2, 0.25) is 0 Å². The smallest absolute Gasteiger partial charge is 0.252 e. The highest BCUT2D eigenvalue weighted by Gasteiger charge is 2.29. The molecule has 0 aliphatic carbocycles. The number of rotatable bonds is 3. The predicted octanol–water partition coefficient (Wildman–Crippen LogP) is -1.94. The van der Waals surface area contributed by atoms with Gasteiger partial charge in [-0.2, -0.15) is 0 Å². The van der Waals surface area contributed by atoms with Gasteiger partial charge in [0.15, 0.2) is 5.84 Å². The van der Waals surface area contributed by atoms with Crippen LogP contribution in [0.5, 0.6) is 0 Å².